The summed E-state index contributed by atoms with van der Waals surface area (Å²) in [5.41, 5.74) is 8.82. The average Bonchev–Trinajstić information content (AvgIpc) is 3.43. The molecular formula is C42H54IrNO2-. The van der Waals surface area contributed by atoms with Gasteiger partial charge in [0.2, 0.25) is 0 Å². The van der Waals surface area contributed by atoms with E-state index in [0.717, 1.165) is 29.1 Å². The molecule has 46 heavy (non-hydrogen) atoms. The van der Waals surface area contributed by atoms with E-state index in [1.807, 2.05) is 27.7 Å². The Morgan fingerprint density at radius 1 is 0.978 bits per heavy atom. The molecule has 3 aromatic carbocycles. The predicted molar refractivity (Wildman–Crippen MR) is 192 cm³/mol. The molecule has 1 aromatic heterocycles. The van der Waals surface area contributed by atoms with Gasteiger partial charge in [-0.3, -0.25) is 9.78 Å². The van der Waals surface area contributed by atoms with Crippen molar-refractivity contribution in [1.82, 2.24) is 4.98 Å². The normalized spacial score (nSPS) is 14.1. The molecular weight excluding hydrogens is 743 g/mol. The van der Waals surface area contributed by atoms with E-state index < -0.39 is 0 Å². The zero-order valence-electron chi connectivity index (χ0n) is 29.5. The number of aromatic nitrogens is 1. The molecule has 0 atom stereocenters. The molecule has 1 saturated carbocycles. The van der Waals surface area contributed by atoms with Gasteiger partial charge in [0.05, 0.1) is 11.3 Å². The zero-order chi connectivity index (χ0) is 32.9. The first-order valence-corrected chi connectivity index (χ1v) is 17.0. The Balaban J connectivity index is 0.000000352. The first kappa shape index (κ1) is 37.6. The molecule has 0 spiro atoms. The SMILES string of the molecule is CC(C)CC(=O)/C=C(\O)CC(C)C.Cc1cc(C)c2c(CC3CCCC3)cc(-c3[c-]c4ccccc4c(C(C)(C)C)c3)nc2c1.[Ir]. The van der Waals surface area contributed by atoms with Crippen molar-refractivity contribution < 1.29 is 30.0 Å². The quantitative estimate of drug-likeness (QED) is 0.110. The van der Waals surface area contributed by atoms with Gasteiger partial charge in [0, 0.05) is 50.1 Å². The molecule has 249 valence electrons. The molecule has 4 aromatic rings. The molecule has 0 amide bonds. The second kappa shape index (κ2) is 16.3. The Labute approximate surface area is 291 Å². The summed E-state index contributed by atoms with van der Waals surface area (Å²) in [6, 6.07) is 21.6. The minimum atomic E-state index is 0. The van der Waals surface area contributed by atoms with Crippen LogP contribution >= 0.6 is 0 Å². The van der Waals surface area contributed by atoms with Gasteiger partial charge < -0.3 is 5.11 Å². The zero-order valence-corrected chi connectivity index (χ0v) is 31.9. The second-order valence-corrected chi connectivity index (χ2v) is 15.2. The molecule has 1 fully saturated rings. The van der Waals surface area contributed by atoms with Gasteiger partial charge in [0.25, 0.3) is 0 Å². The summed E-state index contributed by atoms with van der Waals surface area (Å²) >= 11 is 0. The third-order valence-corrected chi connectivity index (χ3v) is 8.73. The minimum Gasteiger partial charge on any atom is -0.512 e. The topological polar surface area (TPSA) is 50.2 Å². The summed E-state index contributed by atoms with van der Waals surface area (Å²) in [6.07, 6.45) is 9.11. The smallest absolute Gasteiger partial charge is 0.159 e. The number of nitrogens with zero attached hydrogens (tertiary/aromatic N) is 1. The van der Waals surface area contributed by atoms with E-state index in [1.165, 1.54) is 70.2 Å². The van der Waals surface area contributed by atoms with Gasteiger partial charge in [0.15, 0.2) is 5.78 Å². The van der Waals surface area contributed by atoms with Crippen LogP contribution in [0, 0.1) is 37.7 Å². The number of rotatable bonds is 8. The molecule has 4 heteroatoms. The number of hydrogen-bond donors (Lipinski definition) is 1. The fraction of sp³-hybridized carbons (Fsp3) is 0.476. The van der Waals surface area contributed by atoms with Crippen LogP contribution in [0.25, 0.3) is 32.9 Å². The maximum Gasteiger partial charge on any atom is 0.159 e. The second-order valence-electron chi connectivity index (χ2n) is 15.2. The van der Waals surface area contributed by atoms with Crippen LogP contribution in [0.4, 0.5) is 0 Å². The number of aliphatic hydroxyl groups is 1. The van der Waals surface area contributed by atoms with E-state index in [1.54, 1.807) is 0 Å². The molecule has 1 radical (unpaired) electrons. The third kappa shape index (κ3) is 10.1. The van der Waals surface area contributed by atoms with Gasteiger partial charge in [-0.15, -0.1) is 29.1 Å². The summed E-state index contributed by atoms with van der Waals surface area (Å²) < 4.78 is 0. The largest absolute Gasteiger partial charge is 0.512 e. The molecule has 1 heterocycles. The van der Waals surface area contributed by atoms with Crippen molar-refractivity contribution in [3.8, 4) is 11.3 Å². The third-order valence-electron chi connectivity index (χ3n) is 8.73. The van der Waals surface area contributed by atoms with Crippen LogP contribution in [0.1, 0.15) is 109 Å². The number of aryl methyl sites for hydroxylation is 2. The van der Waals surface area contributed by atoms with E-state index >= 15 is 0 Å². The van der Waals surface area contributed by atoms with Crippen molar-refractivity contribution in [2.24, 2.45) is 17.8 Å². The van der Waals surface area contributed by atoms with Crippen molar-refractivity contribution in [3.05, 3.63) is 88.7 Å². The van der Waals surface area contributed by atoms with E-state index in [-0.39, 0.29) is 37.1 Å². The summed E-state index contributed by atoms with van der Waals surface area (Å²) in [7, 11) is 0. The van der Waals surface area contributed by atoms with Crippen LogP contribution in [0.2, 0.25) is 0 Å². The Morgan fingerprint density at radius 2 is 1.63 bits per heavy atom. The molecule has 5 rings (SSSR count). The maximum atomic E-state index is 11.2. The van der Waals surface area contributed by atoms with Crippen LogP contribution in [-0.2, 0) is 36.7 Å². The monoisotopic (exact) mass is 797 g/mol. The maximum absolute atomic E-state index is 11.2. The first-order chi connectivity index (χ1) is 21.2. The molecule has 0 aliphatic heterocycles. The van der Waals surface area contributed by atoms with E-state index in [2.05, 4.69) is 89.2 Å². The average molecular weight is 797 g/mol. The van der Waals surface area contributed by atoms with Gasteiger partial charge in [-0.05, 0) is 66.2 Å². The first-order valence-electron chi connectivity index (χ1n) is 17.0. The number of fused-ring (bicyclic) bond motifs is 2. The van der Waals surface area contributed by atoms with Crippen molar-refractivity contribution >= 4 is 27.5 Å². The molecule has 1 N–H and O–H groups in total. The Bertz CT molecular complexity index is 1670. The number of allylic oxidation sites excluding steroid dienone is 2. The number of hydrogen-bond acceptors (Lipinski definition) is 3. The van der Waals surface area contributed by atoms with Crippen LogP contribution in [0.5, 0.6) is 0 Å². The fourth-order valence-corrected chi connectivity index (χ4v) is 6.79. The number of benzene rings is 3. The Morgan fingerprint density at radius 3 is 2.26 bits per heavy atom. The van der Waals surface area contributed by atoms with E-state index in [9.17, 15) is 9.90 Å². The van der Waals surface area contributed by atoms with Gasteiger partial charge in [-0.2, -0.15) is 0 Å². The van der Waals surface area contributed by atoms with Crippen LogP contribution in [0.3, 0.4) is 0 Å². The van der Waals surface area contributed by atoms with Crippen molar-refractivity contribution in [3.63, 3.8) is 0 Å². The summed E-state index contributed by atoms with van der Waals surface area (Å²) in [4.78, 5) is 16.4. The van der Waals surface area contributed by atoms with Gasteiger partial charge in [-0.25, -0.2) is 0 Å². The standard InChI is InChI=1S/C31H34N.C11H20O2.Ir/c1-20-14-21(2)30-25(16-22-10-6-7-11-22)19-28(32-29(30)15-20)24-17-23-12-8-9-13-26(23)27(18-24)31(3,4)5;1-8(2)5-10(12)7-11(13)6-9(3)4;/h8-9,12-15,18-19,22H,6-7,10-11,16H2,1-5H3;7-9,12H,5-6H2,1-4H3;/q-1;;/b;10-7-;. The number of aliphatic hydroxyl groups excluding tert-OH is 1. The fourth-order valence-electron chi connectivity index (χ4n) is 6.79. The van der Waals surface area contributed by atoms with Crippen molar-refractivity contribution in [2.75, 3.05) is 0 Å². The number of ketones is 1. The van der Waals surface area contributed by atoms with Crippen molar-refractivity contribution in [2.45, 2.75) is 113 Å². The molecule has 1 aliphatic carbocycles. The Hall–Kier alpha value is -2.81. The molecule has 1 aliphatic rings. The molecule has 0 saturated heterocycles. The number of carbonyl (C=O) groups excluding carboxylic acids is 1. The van der Waals surface area contributed by atoms with E-state index in [0.29, 0.717) is 24.7 Å². The predicted octanol–water partition coefficient (Wildman–Crippen LogP) is 11.6. The summed E-state index contributed by atoms with van der Waals surface area (Å²) in [5, 5.41) is 13.2. The number of pyridine rings is 1. The van der Waals surface area contributed by atoms with Gasteiger partial charge in [-0.1, -0.05) is 115 Å². The van der Waals surface area contributed by atoms with Crippen LogP contribution < -0.4 is 0 Å². The molecule has 0 bridgehead atoms. The van der Waals surface area contributed by atoms with E-state index in [4.69, 9.17) is 4.98 Å². The molecule has 3 nitrogen and oxygen atoms in total. The van der Waals surface area contributed by atoms with Crippen LogP contribution in [-0.4, -0.2) is 15.9 Å². The van der Waals surface area contributed by atoms with Crippen LogP contribution in [0.15, 0.2) is 60.4 Å². The summed E-state index contributed by atoms with van der Waals surface area (Å²) in [5.74, 6) is 1.78. The van der Waals surface area contributed by atoms with Gasteiger partial charge >= 0.3 is 0 Å². The minimum absolute atomic E-state index is 0. The van der Waals surface area contributed by atoms with Gasteiger partial charge in [0.1, 0.15) is 0 Å². The summed E-state index contributed by atoms with van der Waals surface area (Å²) in [6.45, 7) is 19.3. The molecule has 0 unspecified atom stereocenters. The number of carbonyl (C=O) groups is 1. The van der Waals surface area contributed by atoms with Crippen molar-refractivity contribution in [1.29, 1.82) is 0 Å². The Kier molecular flexibility index (Phi) is 13.4.